The van der Waals surface area contributed by atoms with Gasteiger partial charge in [0, 0.05) is 6.04 Å². The summed E-state index contributed by atoms with van der Waals surface area (Å²) >= 11 is 0. The Kier molecular flexibility index (Phi) is 3.94. The molecule has 96 valence electrons. The first-order valence-corrected chi connectivity index (χ1v) is 6.04. The van der Waals surface area contributed by atoms with Gasteiger partial charge in [0.15, 0.2) is 0 Å². The Bertz CT molecular complexity index is 429. The molecule has 4 N–H and O–H groups in total. The van der Waals surface area contributed by atoms with Gasteiger partial charge in [-0.15, -0.1) is 0 Å². The van der Waals surface area contributed by atoms with Gasteiger partial charge in [-0.3, -0.25) is 9.59 Å². The average Bonchev–Trinajstić information content (AvgIpc) is 3.20. The van der Waals surface area contributed by atoms with E-state index in [-0.39, 0.29) is 18.4 Å². The molecule has 1 aromatic carbocycles. The number of amides is 2. The van der Waals surface area contributed by atoms with Crippen molar-refractivity contribution in [3.05, 3.63) is 35.9 Å². The molecule has 1 aliphatic rings. The monoisotopic (exact) mass is 247 g/mol. The van der Waals surface area contributed by atoms with Gasteiger partial charge in [0.25, 0.3) is 0 Å². The zero-order chi connectivity index (χ0) is 13.0. The molecule has 0 spiro atoms. The van der Waals surface area contributed by atoms with Crippen molar-refractivity contribution in [2.75, 3.05) is 6.54 Å². The summed E-state index contributed by atoms with van der Waals surface area (Å²) in [5.41, 5.74) is 6.53. The Balaban J connectivity index is 1.78. The molecule has 2 rings (SSSR count). The van der Waals surface area contributed by atoms with Crippen LogP contribution in [0.3, 0.4) is 0 Å². The zero-order valence-electron chi connectivity index (χ0n) is 10.1. The van der Waals surface area contributed by atoms with Gasteiger partial charge in [0.2, 0.25) is 11.8 Å². The molecule has 5 heteroatoms. The minimum atomic E-state index is -0.736. The number of benzene rings is 1. The molecule has 5 nitrogen and oxygen atoms in total. The standard InChI is InChI=1S/C13H17N3O2/c14-12(9-4-2-1-3-5-9)13(18)15-8-11(17)16-10-6-7-10/h1-5,10,12H,6-8,14H2,(H,15,18)(H,16,17)/t12-/m0/s1. The summed E-state index contributed by atoms with van der Waals surface area (Å²) in [5, 5.41) is 5.33. The maximum Gasteiger partial charge on any atom is 0.241 e. The molecule has 0 aromatic heterocycles. The molecule has 0 bridgehead atoms. The van der Waals surface area contributed by atoms with Gasteiger partial charge < -0.3 is 16.4 Å². The SMILES string of the molecule is N[C@H](C(=O)NCC(=O)NC1CC1)c1ccccc1. The highest BCUT2D eigenvalue weighted by atomic mass is 16.2. The highest BCUT2D eigenvalue weighted by Crippen LogP contribution is 2.18. The first-order chi connectivity index (χ1) is 8.66. The van der Waals surface area contributed by atoms with Gasteiger partial charge in [0.05, 0.1) is 6.54 Å². The van der Waals surface area contributed by atoms with Gasteiger partial charge in [0.1, 0.15) is 6.04 Å². The van der Waals surface area contributed by atoms with Gasteiger partial charge in [-0.1, -0.05) is 30.3 Å². The van der Waals surface area contributed by atoms with Crippen molar-refractivity contribution >= 4 is 11.8 Å². The lowest BCUT2D eigenvalue weighted by atomic mass is 10.1. The third-order valence-corrected chi connectivity index (χ3v) is 2.81. The lowest BCUT2D eigenvalue weighted by Crippen LogP contribution is -2.41. The van der Waals surface area contributed by atoms with Gasteiger partial charge in [-0.25, -0.2) is 0 Å². The number of nitrogens with two attached hydrogens (primary N) is 1. The number of carbonyl (C=O) groups is 2. The van der Waals surface area contributed by atoms with Crippen molar-refractivity contribution in [1.82, 2.24) is 10.6 Å². The van der Waals surface area contributed by atoms with E-state index < -0.39 is 6.04 Å². The average molecular weight is 247 g/mol. The van der Waals surface area contributed by atoms with Crippen LogP contribution in [0.5, 0.6) is 0 Å². The molecule has 1 saturated carbocycles. The molecule has 1 atom stereocenters. The van der Waals surface area contributed by atoms with E-state index in [4.69, 9.17) is 5.73 Å². The molecule has 0 unspecified atom stereocenters. The number of hydrogen-bond donors (Lipinski definition) is 3. The number of rotatable bonds is 5. The van der Waals surface area contributed by atoms with Crippen LogP contribution in [0.2, 0.25) is 0 Å². The van der Waals surface area contributed by atoms with Gasteiger partial charge in [-0.2, -0.15) is 0 Å². The summed E-state index contributed by atoms with van der Waals surface area (Å²) in [6.07, 6.45) is 2.06. The van der Waals surface area contributed by atoms with Crippen LogP contribution in [0, 0.1) is 0 Å². The van der Waals surface area contributed by atoms with Gasteiger partial charge >= 0.3 is 0 Å². The van der Waals surface area contributed by atoms with Crippen LogP contribution in [0.15, 0.2) is 30.3 Å². The molecule has 2 amide bonds. The lowest BCUT2D eigenvalue weighted by Gasteiger charge is -2.12. The maximum atomic E-state index is 11.7. The van der Waals surface area contributed by atoms with Crippen molar-refractivity contribution in [2.24, 2.45) is 5.73 Å². The second-order valence-corrected chi connectivity index (χ2v) is 4.45. The lowest BCUT2D eigenvalue weighted by molar-refractivity contribution is -0.127. The Morgan fingerprint density at radius 3 is 2.56 bits per heavy atom. The molecule has 0 heterocycles. The predicted octanol–water partition coefficient (Wildman–Crippen LogP) is 0.0812. The molecule has 18 heavy (non-hydrogen) atoms. The third-order valence-electron chi connectivity index (χ3n) is 2.81. The summed E-state index contributed by atoms with van der Waals surface area (Å²) in [6.45, 7) is -0.0180. The first-order valence-electron chi connectivity index (χ1n) is 6.04. The van der Waals surface area contributed by atoms with E-state index in [1.807, 2.05) is 18.2 Å². The van der Waals surface area contributed by atoms with Gasteiger partial charge in [-0.05, 0) is 18.4 Å². The van der Waals surface area contributed by atoms with Crippen LogP contribution < -0.4 is 16.4 Å². The van der Waals surface area contributed by atoms with E-state index >= 15 is 0 Å². The van der Waals surface area contributed by atoms with Crippen LogP contribution in [0.25, 0.3) is 0 Å². The number of hydrogen-bond acceptors (Lipinski definition) is 3. The summed E-state index contributed by atoms with van der Waals surface area (Å²) in [4.78, 5) is 23.1. The smallest absolute Gasteiger partial charge is 0.241 e. The number of carbonyl (C=O) groups excluding carboxylic acids is 2. The van der Waals surface area contributed by atoms with E-state index in [1.165, 1.54) is 0 Å². The van der Waals surface area contributed by atoms with Crippen molar-refractivity contribution < 1.29 is 9.59 Å². The Morgan fingerprint density at radius 2 is 1.94 bits per heavy atom. The van der Waals surface area contributed by atoms with Crippen LogP contribution in [0.4, 0.5) is 0 Å². The molecule has 0 saturated heterocycles. The fourth-order valence-corrected chi connectivity index (χ4v) is 1.60. The maximum absolute atomic E-state index is 11.7. The first kappa shape index (κ1) is 12.6. The van der Waals surface area contributed by atoms with Crippen molar-refractivity contribution in [3.8, 4) is 0 Å². The zero-order valence-corrected chi connectivity index (χ0v) is 10.1. The summed E-state index contributed by atoms with van der Waals surface area (Å²) in [7, 11) is 0. The normalized spacial score (nSPS) is 15.8. The van der Waals surface area contributed by atoms with E-state index in [2.05, 4.69) is 10.6 Å². The molecule has 1 aromatic rings. The molecule has 1 aliphatic carbocycles. The Hall–Kier alpha value is -1.88. The fraction of sp³-hybridized carbons (Fsp3) is 0.385. The second-order valence-electron chi connectivity index (χ2n) is 4.45. The van der Waals surface area contributed by atoms with Crippen molar-refractivity contribution in [2.45, 2.75) is 24.9 Å². The summed E-state index contributed by atoms with van der Waals surface area (Å²) < 4.78 is 0. The van der Waals surface area contributed by atoms with Crippen LogP contribution in [-0.2, 0) is 9.59 Å². The van der Waals surface area contributed by atoms with Crippen molar-refractivity contribution in [3.63, 3.8) is 0 Å². The predicted molar refractivity (Wildman–Crippen MR) is 67.5 cm³/mol. The molecular formula is C13H17N3O2. The fourth-order valence-electron chi connectivity index (χ4n) is 1.60. The highest BCUT2D eigenvalue weighted by molar-refractivity contribution is 5.88. The quantitative estimate of drug-likeness (QED) is 0.689. The summed E-state index contributed by atoms with van der Waals surface area (Å²) in [5.74, 6) is -0.502. The van der Waals surface area contributed by atoms with Crippen LogP contribution in [0.1, 0.15) is 24.4 Å². The van der Waals surface area contributed by atoms with E-state index in [9.17, 15) is 9.59 Å². The second kappa shape index (κ2) is 5.64. The van der Waals surface area contributed by atoms with Crippen LogP contribution in [-0.4, -0.2) is 24.4 Å². The molecule has 0 aliphatic heterocycles. The van der Waals surface area contributed by atoms with E-state index in [0.29, 0.717) is 6.04 Å². The Labute approximate surface area is 106 Å². The van der Waals surface area contributed by atoms with Crippen molar-refractivity contribution in [1.29, 1.82) is 0 Å². The largest absolute Gasteiger partial charge is 0.352 e. The highest BCUT2D eigenvalue weighted by Gasteiger charge is 2.23. The number of nitrogens with one attached hydrogen (secondary N) is 2. The molecule has 0 radical (unpaired) electrons. The minimum Gasteiger partial charge on any atom is -0.352 e. The van der Waals surface area contributed by atoms with Crippen LogP contribution >= 0.6 is 0 Å². The molecular weight excluding hydrogens is 230 g/mol. The topological polar surface area (TPSA) is 84.2 Å². The van der Waals surface area contributed by atoms with E-state index in [1.54, 1.807) is 12.1 Å². The molecule has 1 fully saturated rings. The third kappa shape index (κ3) is 3.56. The van der Waals surface area contributed by atoms with E-state index in [0.717, 1.165) is 18.4 Å². The Morgan fingerprint density at radius 1 is 1.28 bits per heavy atom. The summed E-state index contributed by atoms with van der Waals surface area (Å²) in [6, 6.07) is 8.64. The minimum absolute atomic E-state index is 0.0180.